The minimum absolute atomic E-state index is 0.0365. The second-order valence-electron chi connectivity index (χ2n) is 3.27. The van der Waals surface area contributed by atoms with E-state index in [2.05, 4.69) is 30.9 Å². The standard InChI is InChI=1S/C11H9BrFN3O3/c1-17-9-14-10(18-2)16-11(15-9)19-8-5-6(13)3-4-7(8)12/h3-5H,1-2H3. The van der Waals surface area contributed by atoms with Gasteiger partial charge < -0.3 is 14.2 Å². The van der Waals surface area contributed by atoms with Gasteiger partial charge in [0, 0.05) is 6.07 Å². The first-order valence-corrected chi connectivity index (χ1v) is 5.88. The highest BCUT2D eigenvalue weighted by Crippen LogP contribution is 2.29. The molecule has 8 heteroatoms. The lowest BCUT2D eigenvalue weighted by Gasteiger charge is -2.07. The smallest absolute Gasteiger partial charge is 0.331 e. The van der Waals surface area contributed by atoms with Crippen molar-refractivity contribution in [3.8, 4) is 23.8 Å². The van der Waals surface area contributed by atoms with Crippen molar-refractivity contribution in [2.24, 2.45) is 0 Å². The molecule has 0 saturated heterocycles. The summed E-state index contributed by atoms with van der Waals surface area (Å²) in [5.41, 5.74) is 0. The first kappa shape index (κ1) is 13.5. The highest BCUT2D eigenvalue weighted by Gasteiger charge is 2.11. The Labute approximate surface area is 116 Å². The maximum absolute atomic E-state index is 13.1. The van der Waals surface area contributed by atoms with Crippen LogP contribution in [-0.2, 0) is 0 Å². The molecule has 0 N–H and O–H groups in total. The summed E-state index contributed by atoms with van der Waals surface area (Å²) < 4.78 is 28.8. The van der Waals surface area contributed by atoms with Crippen molar-refractivity contribution in [2.45, 2.75) is 0 Å². The van der Waals surface area contributed by atoms with Crippen molar-refractivity contribution >= 4 is 15.9 Å². The predicted molar refractivity (Wildman–Crippen MR) is 67.1 cm³/mol. The molecule has 0 unspecified atom stereocenters. The van der Waals surface area contributed by atoms with Gasteiger partial charge in [-0.3, -0.25) is 0 Å². The monoisotopic (exact) mass is 329 g/mol. The van der Waals surface area contributed by atoms with Crippen LogP contribution in [0.1, 0.15) is 0 Å². The third-order valence-corrected chi connectivity index (χ3v) is 2.69. The molecule has 0 atom stereocenters. The Balaban J connectivity index is 2.34. The molecule has 0 aliphatic carbocycles. The molecule has 100 valence electrons. The van der Waals surface area contributed by atoms with Crippen LogP contribution in [-0.4, -0.2) is 29.2 Å². The highest BCUT2D eigenvalue weighted by molar-refractivity contribution is 9.10. The Morgan fingerprint density at radius 3 is 2.16 bits per heavy atom. The van der Waals surface area contributed by atoms with Crippen LogP contribution >= 0.6 is 15.9 Å². The Hall–Kier alpha value is -1.96. The largest absolute Gasteiger partial charge is 0.467 e. The summed E-state index contributed by atoms with van der Waals surface area (Å²) in [6, 6.07) is 4.03. The fourth-order valence-corrected chi connectivity index (χ4v) is 1.53. The van der Waals surface area contributed by atoms with Gasteiger partial charge in [-0.15, -0.1) is 15.0 Å². The average Bonchev–Trinajstić information content (AvgIpc) is 2.42. The number of nitrogens with zero attached hydrogens (tertiary/aromatic N) is 3. The lowest BCUT2D eigenvalue weighted by Crippen LogP contribution is -2.01. The molecule has 2 rings (SSSR count). The zero-order valence-corrected chi connectivity index (χ0v) is 11.6. The molecule has 6 nitrogen and oxygen atoms in total. The lowest BCUT2D eigenvalue weighted by molar-refractivity contribution is 0.320. The van der Waals surface area contributed by atoms with E-state index in [1.165, 1.54) is 32.4 Å². The summed E-state index contributed by atoms with van der Waals surface area (Å²) in [6.45, 7) is 0. The van der Waals surface area contributed by atoms with Crippen LogP contribution in [0.2, 0.25) is 0 Å². The van der Waals surface area contributed by atoms with Crippen LogP contribution in [0.15, 0.2) is 22.7 Å². The quantitative estimate of drug-likeness (QED) is 0.858. The fraction of sp³-hybridized carbons (Fsp3) is 0.182. The first-order valence-electron chi connectivity index (χ1n) is 5.09. The molecule has 0 radical (unpaired) electrons. The zero-order chi connectivity index (χ0) is 13.8. The molecule has 1 aromatic heterocycles. The summed E-state index contributed by atoms with van der Waals surface area (Å²) in [5.74, 6) is -0.207. The molecule has 2 aromatic rings. The van der Waals surface area contributed by atoms with Gasteiger partial charge in [-0.1, -0.05) is 0 Å². The minimum Gasteiger partial charge on any atom is -0.467 e. The van der Waals surface area contributed by atoms with E-state index in [0.29, 0.717) is 4.47 Å². The molecular formula is C11H9BrFN3O3. The van der Waals surface area contributed by atoms with Gasteiger partial charge in [-0.25, -0.2) is 4.39 Å². The second-order valence-corrected chi connectivity index (χ2v) is 4.12. The third kappa shape index (κ3) is 3.28. The van der Waals surface area contributed by atoms with E-state index in [0.717, 1.165) is 0 Å². The molecular weight excluding hydrogens is 321 g/mol. The van der Waals surface area contributed by atoms with Crippen LogP contribution in [0, 0.1) is 5.82 Å². The number of hydrogen-bond acceptors (Lipinski definition) is 6. The number of methoxy groups -OCH3 is 2. The molecule has 0 bridgehead atoms. The molecule has 0 spiro atoms. The number of benzene rings is 1. The second kappa shape index (κ2) is 5.79. The summed E-state index contributed by atoms with van der Waals surface area (Å²) in [7, 11) is 2.80. The van der Waals surface area contributed by atoms with Gasteiger partial charge >= 0.3 is 18.0 Å². The van der Waals surface area contributed by atoms with E-state index >= 15 is 0 Å². The average molecular weight is 330 g/mol. The van der Waals surface area contributed by atoms with Gasteiger partial charge in [-0.2, -0.15) is 0 Å². The van der Waals surface area contributed by atoms with Crippen molar-refractivity contribution < 1.29 is 18.6 Å². The van der Waals surface area contributed by atoms with Crippen LogP contribution in [0.4, 0.5) is 4.39 Å². The number of ether oxygens (including phenoxy) is 3. The number of halogens is 2. The van der Waals surface area contributed by atoms with E-state index in [-0.39, 0.29) is 23.8 Å². The zero-order valence-electron chi connectivity index (χ0n) is 10.1. The van der Waals surface area contributed by atoms with E-state index in [9.17, 15) is 4.39 Å². The Morgan fingerprint density at radius 2 is 1.58 bits per heavy atom. The Bertz CT molecular complexity index is 575. The minimum atomic E-state index is -0.439. The Morgan fingerprint density at radius 1 is 1.00 bits per heavy atom. The first-order chi connectivity index (χ1) is 9.12. The van der Waals surface area contributed by atoms with Gasteiger partial charge in [0.15, 0.2) is 0 Å². The van der Waals surface area contributed by atoms with Gasteiger partial charge in [0.2, 0.25) is 0 Å². The van der Waals surface area contributed by atoms with Gasteiger partial charge in [0.25, 0.3) is 0 Å². The molecule has 0 fully saturated rings. The van der Waals surface area contributed by atoms with Crippen LogP contribution in [0.5, 0.6) is 23.8 Å². The number of aromatic nitrogens is 3. The van der Waals surface area contributed by atoms with Gasteiger partial charge in [-0.05, 0) is 28.1 Å². The van der Waals surface area contributed by atoms with Crippen molar-refractivity contribution in [2.75, 3.05) is 14.2 Å². The summed E-state index contributed by atoms with van der Waals surface area (Å²) in [4.78, 5) is 11.6. The van der Waals surface area contributed by atoms with Crippen molar-refractivity contribution in [3.63, 3.8) is 0 Å². The topological polar surface area (TPSA) is 66.4 Å². The molecule has 0 amide bonds. The number of rotatable bonds is 4. The fourth-order valence-electron chi connectivity index (χ4n) is 1.20. The van der Waals surface area contributed by atoms with Gasteiger partial charge in [0.05, 0.1) is 18.7 Å². The normalized spacial score (nSPS) is 10.1. The SMILES string of the molecule is COc1nc(OC)nc(Oc2cc(F)ccc2Br)n1. The van der Waals surface area contributed by atoms with E-state index in [1.807, 2.05) is 0 Å². The lowest BCUT2D eigenvalue weighted by atomic mass is 10.3. The maximum Gasteiger partial charge on any atom is 0.331 e. The molecule has 0 saturated carbocycles. The molecule has 19 heavy (non-hydrogen) atoms. The summed E-state index contributed by atoms with van der Waals surface area (Å²) in [6.07, 6.45) is 0. The van der Waals surface area contributed by atoms with Crippen LogP contribution < -0.4 is 14.2 Å². The molecule has 1 heterocycles. The van der Waals surface area contributed by atoms with E-state index in [1.54, 1.807) is 0 Å². The highest BCUT2D eigenvalue weighted by atomic mass is 79.9. The predicted octanol–water partition coefficient (Wildman–Crippen LogP) is 2.58. The van der Waals surface area contributed by atoms with Gasteiger partial charge in [0.1, 0.15) is 11.6 Å². The molecule has 0 aliphatic heterocycles. The summed E-state index contributed by atoms with van der Waals surface area (Å²) in [5, 5.41) is 0. The van der Waals surface area contributed by atoms with E-state index in [4.69, 9.17) is 14.2 Å². The summed E-state index contributed by atoms with van der Waals surface area (Å²) >= 11 is 3.23. The maximum atomic E-state index is 13.1. The van der Waals surface area contributed by atoms with E-state index < -0.39 is 5.82 Å². The Kier molecular flexibility index (Phi) is 4.10. The third-order valence-electron chi connectivity index (χ3n) is 2.03. The van der Waals surface area contributed by atoms with Crippen molar-refractivity contribution in [1.29, 1.82) is 0 Å². The molecule has 0 aliphatic rings. The van der Waals surface area contributed by atoms with Crippen LogP contribution in [0.3, 0.4) is 0 Å². The van der Waals surface area contributed by atoms with Crippen LogP contribution in [0.25, 0.3) is 0 Å². The van der Waals surface area contributed by atoms with Crippen molar-refractivity contribution in [3.05, 3.63) is 28.5 Å². The number of hydrogen-bond donors (Lipinski definition) is 0. The molecule has 1 aromatic carbocycles. The van der Waals surface area contributed by atoms with Crippen molar-refractivity contribution in [1.82, 2.24) is 15.0 Å².